The number of anilines is 1. The predicted octanol–water partition coefficient (Wildman–Crippen LogP) is 2.20. The van der Waals surface area contributed by atoms with E-state index in [9.17, 15) is 19.5 Å². The van der Waals surface area contributed by atoms with E-state index in [1.54, 1.807) is 24.3 Å². The first-order chi connectivity index (χ1) is 14.0. The van der Waals surface area contributed by atoms with Crippen molar-refractivity contribution in [2.24, 2.45) is 0 Å². The lowest BCUT2D eigenvalue weighted by Gasteiger charge is -2.12. The number of benzene rings is 2. The third-order valence-electron chi connectivity index (χ3n) is 4.07. The van der Waals surface area contributed by atoms with Crippen LogP contribution in [0.2, 0.25) is 0 Å². The quantitative estimate of drug-likeness (QED) is 0.433. The van der Waals surface area contributed by atoms with Crippen LogP contribution in [0.4, 0.5) is 10.5 Å². The molecule has 0 saturated heterocycles. The van der Waals surface area contributed by atoms with E-state index >= 15 is 0 Å². The van der Waals surface area contributed by atoms with Crippen molar-refractivity contribution in [3.05, 3.63) is 76.2 Å². The summed E-state index contributed by atoms with van der Waals surface area (Å²) >= 11 is 0. The van der Waals surface area contributed by atoms with Crippen LogP contribution in [-0.2, 0) is 6.42 Å². The minimum absolute atomic E-state index is 0.0922. The zero-order valence-corrected chi connectivity index (χ0v) is 15.2. The number of carbonyl (C=O) groups excluding carboxylic acids is 1. The molecule has 9 nitrogen and oxygen atoms in total. The number of carboxylic acid groups (broad SMARTS) is 1. The molecular formula is C20H18N4O5. The summed E-state index contributed by atoms with van der Waals surface area (Å²) < 4.78 is 0. The van der Waals surface area contributed by atoms with Gasteiger partial charge in [0.1, 0.15) is 5.82 Å². The molecule has 2 amide bonds. The first-order valence-corrected chi connectivity index (χ1v) is 8.70. The van der Waals surface area contributed by atoms with Gasteiger partial charge in [-0.1, -0.05) is 42.5 Å². The number of hydrogen-bond donors (Lipinski definition) is 5. The van der Waals surface area contributed by atoms with Crippen molar-refractivity contribution < 1.29 is 19.8 Å². The summed E-state index contributed by atoms with van der Waals surface area (Å²) in [5.41, 5.74) is -0.0687. The largest absolute Gasteiger partial charge is 0.501 e. The summed E-state index contributed by atoms with van der Waals surface area (Å²) in [5, 5.41) is 24.1. The van der Waals surface area contributed by atoms with Crippen LogP contribution in [0.15, 0.2) is 59.4 Å². The molecule has 0 fully saturated rings. The Balaban J connectivity index is 1.76. The molecule has 0 radical (unpaired) electrons. The molecule has 2 aromatic carbocycles. The Morgan fingerprint density at radius 1 is 1.03 bits per heavy atom. The van der Waals surface area contributed by atoms with Crippen LogP contribution < -0.4 is 16.2 Å². The number of H-pyrrole nitrogens is 1. The predicted molar refractivity (Wildman–Crippen MR) is 106 cm³/mol. The number of rotatable bonds is 6. The van der Waals surface area contributed by atoms with Gasteiger partial charge in [0, 0.05) is 12.1 Å². The van der Waals surface area contributed by atoms with E-state index in [4.69, 9.17) is 5.11 Å². The van der Waals surface area contributed by atoms with E-state index in [0.29, 0.717) is 24.2 Å². The smallest absolute Gasteiger partial charge is 0.358 e. The van der Waals surface area contributed by atoms with Crippen molar-refractivity contribution in [2.75, 3.05) is 11.9 Å². The average molecular weight is 394 g/mol. The molecule has 0 aliphatic rings. The number of carbonyl (C=O) groups is 2. The van der Waals surface area contributed by atoms with E-state index in [0.717, 1.165) is 5.56 Å². The molecule has 0 unspecified atom stereocenters. The van der Waals surface area contributed by atoms with E-state index in [1.807, 2.05) is 30.3 Å². The number of carboxylic acids is 1. The van der Waals surface area contributed by atoms with Crippen molar-refractivity contribution in [3.63, 3.8) is 0 Å². The third-order valence-corrected chi connectivity index (χ3v) is 4.07. The molecule has 29 heavy (non-hydrogen) atoms. The zero-order valence-electron chi connectivity index (χ0n) is 15.2. The molecular weight excluding hydrogens is 376 g/mol. The van der Waals surface area contributed by atoms with Crippen LogP contribution in [0.1, 0.15) is 16.1 Å². The van der Waals surface area contributed by atoms with Gasteiger partial charge in [0.25, 0.3) is 5.56 Å². The maximum atomic E-state index is 12.2. The van der Waals surface area contributed by atoms with Gasteiger partial charge >= 0.3 is 12.0 Å². The molecule has 1 aromatic heterocycles. The fraction of sp³-hybridized carbons (Fsp3) is 0.100. The van der Waals surface area contributed by atoms with Crippen LogP contribution in [0.5, 0.6) is 5.75 Å². The fourth-order valence-corrected chi connectivity index (χ4v) is 2.67. The molecule has 0 aliphatic heterocycles. The van der Waals surface area contributed by atoms with E-state index in [2.05, 4.69) is 20.6 Å². The molecule has 0 spiro atoms. The van der Waals surface area contributed by atoms with Gasteiger partial charge in [-0.3, -0.25) is 4.79 Å². The second kappa shape index (κ2) is 8.70. The Kier molecular flexibility index (Phi) is 5.88. The van der Waals surface area contributed by atoms with Gasteiger partial charge in [-0.2, -0.15) is 0 Å². The second-order valence-electron chi connectivity index (χ2n) is 6.08. The Morgan fingerprint density at radius 2 is 1.72 bits per heavy atom. The minimum atomic E-state index is -1.54. The number of aromatic carboxylic acids is 1. The van der Waals surface area contributed by atoms with E-state index in [1.165, 1.54) is 0 Å². The monoisotopic (exact) mass is 394 g/mol. The van der Waals surface area contributed by atoms with Crippen molar-refractivity contribution in [1.82, 2.24) is 15.3 Å². The van der Waals surface area contributed by atoms with Crippen LogP contribution in [0.3, 0.4) is 0 Å². The molecule has 3 aromatic rings. The van der Waals surface area contributed by atoms with Gasteiger partial charge in [0.2, 0.25) is 5.75 Å². The lowest BCUT2D eigenvalue weighted by molar-refractivity contribution is 0.0686. The summed E-state index contributed by atoms with van der Waals surface area (Å²) in [4.78, 5) is 41.4. The average Bonchev–Trinajstić information content (AvgIpc) is 2.71. The lowest BCUT2D eigenvalue weighted by Crippen LogP contribution is -2.30. The van der Waals surface area contributed by atoms with Gasteiger partial charge in [-0.25, -0.2) is 14.6 Å². The van der Waals surface area contributed by atoms with Crippen LogP contribution >= 0.6 is 0 Å². The first kappa shape index (κ1) is 19.6. The summed E-state index contributed by atoms with van der Waals surface area (Å²) in [6, 6.07) is 15.7. The van der Waals surface area contributed by atoms with Crippen LogP contribution in [0, 0.1) is 0 Å². The molecule has 1 heterocycles. The number of aromatic amines is 1. The molecule has 0 saturated carbocycles. The number of hydrogen-bond acceptors (Lipinski definition) is 5. The van der Waals surface area contributed by atoms with Gasteiger partial charge in [-0.15, -0.1) is 0 Å². The van der Waals surface area contributed by atoms with Crippen LogP contribution in [-0.4, -0.2) is 38.7 Å². The normalized spacial score (nSPS) is 10.3. The number of amides is 2. The van der Waals surface area contributed by atoms with Gasteiger partial charge in [0.05, 0.1) is 5.69 Å². The Bertz CT molecular complexity index is 1100. The maximum Gasteiger partial charge on any atom is 0.358 e. The molecule has 9 heteroatoms. The number of aromatic nitrogens is 2. The molecule has 148 valence electrons. The SMILES string of the molecule is O=C(NCCc1ccccc1)Nc1ccccc1-c1nc(C(=O)O)c(O)c(=O)[nH]1. The highest BCUT2D eigenvalue weighted by Crippen LogP contribution is 2.25. The molecule has 3 rings (SSSR count). The number of para-hydroxylation sites is 1. The Morgan fingerprint density at radius 3 is 2.45 bits per heavy atom. The standard InChI is InChI=1S/C20H18N4O5/c25-16-15(19(27)28)23-17(24-18(16)26)13-8-4-5-9-14(13)22-20(29)21-11-10-12-6-2-1-3-7-12/h1-9,25H,10-11H2,(H,27,28)(H2,21,22,29)(H,23,24,26). The summed E-state index contributed by atoms with van der Waals surface area (Å²) in [6.45, 7) is 0.412. The zero-order chi connectivity index (χ0) is 20.8. The van der Waals surface area contributed by atoms with Crippen molar-refractivity contribution in [2.45, 2.75) is 6.42 Å². The lowest BCUT2D eigenvalue weighted by atomic mass is 10.1. The topological polar surface area (TPSA) is 144 Å². The van der Waals surface area contributed by atoms with E-state index in [-0.39, 0.29) is 5.82 Å². The molecule has 0 atom stereocenters. The van der Waals surface area contributed by atoms with Gasteiger partial charge in [-0.05, 0) is 24.1 Å². The second-order valence-corrected chi connectivity index (χ2v) is 6.08. The minimum Gasteiger partial charge on any atom is -0.501 e. The summed E-state index contributed by atoms with van der Waals surface area (Å²) in [5.74, 6) is -2.62. The molecule has 0 aliphatic carbocycles. The third kappa shape index (κ3) is 4.78. The van der Waals surface area contributed by atoms with Crippen molar-refractivity contribution in [1.29, 1.82) is 0 Å². The van der Waals surface area contributed by atoms with Gasteiger partial charge in [0.15, 0.2) is 5.69 Å². The number of nitrogens with zero attached hydrogens (tertiary/aromatic N) is 1. The summed E-state index contributed by atoms with van der Waals surface area (Å²) in [6.07, 6.45) is 0.657. The highest BCUT2D eigenvalue weighted by molar-refractivity contribution is 5.94. The number of aromatic hydroxyl groups is 1. The van der Waals surface area contributed by atoms with Gasteiger partial charge < -0.3 is 25.8 Å². The van der Waals surface area contributed by atoms with Crippen molar-refractivity contribution >= 4 is 17.7 Å². The summed E-state index contributed by atoms with van der Waals surface area (Å²) in [7, 11) is 0. The maximum absolute atomic E-state index is 12.2. The first-order valence-electron chi connectivity index (χ1n) is 8.70. The van der Waals surface area contributed by atoms with Crippen molar-refractivity contribution in [3.8, 4) is 17.1 Å². The number of urea groups is 1. The van der Waals surface area contributed by atoms with Crippen LogP contribution in [0.25, 0.3) is 11.4 Å². The van der Waals surface area contributed by atoms with E-state index < -0.39 is 29.0 Å². The highest BCUT2D eigenvalue weighted by atomic mass is 16.4. The fourth-order valence-electron chi connectivity index (χ4n) is 2.67. The Labute approximate surface area is 165 Å². The molecule has 0 bridgehead atoms. The number of nitrogens with one attached hydrogen (secondary N) is 3. The highest BCUT2D eigenvalue weighted by Gasteiger charge is 2.19. The molecule has 5 N–H and O–H groups in total. The Hall–Kier alpha value is -4.14.